The topological polar surface area (TPSA) is 0 Å². The first kappa shape index (κ1) is 12.0. The van der Waals surface area contributed by atoms with Crippen LogP contribution in [0.15, 0.2) is 23.8 Å². The van der Waals surface area contributed by atoms with Crippen molar-refractivity contribution >= 4 is 0 Å². The van der Waals surface area contributed by atoms with Crippen LogP contribution in [0.3, 0.4) is 0 Å². The van der Waals surface area contributed by atoms with Crippen molar-refractivity contribution in [2.24, 2.45) is 17.3 Å². The molecule has 0 heteroatoms. The summed E-state index contributed by atoms with van der Waals surface area (Å²) in [5.41, 5.74) is 3.65. The Hall–Kier alpha value is -0.520. The summed E-state index contributed by atoms with van der Waals surface area (Å²) in [7, 11) is 0. The van der Waals surface area contributed by atoms with E-state index in [1.165, 1.54) is 44.1 Å². The zero-order valence-corrected chi connectivity index (χ0v) is 11.2. The highest BCUT2D eigenvalue weighted by Gasteiger charge is 2.40. The molecule has 2 bridgehead atoms. The van der Waals surface area contributed by atoms with E-state index in [-0.39, 0.29) is 0 Å². The van der Waals surface area contributed by atoms with Crippen LogP contribution < -0.4 is 0 Å². The lowest BCUT2D eigenvalue weighted by atomic mass is 9.79. The lowest BCUT2D eigenvalue weighted by Gasteiger charge is -2.26. The fraction of sp³-hybridized carbons (Fsp3) is 0.750. The van der Waals surface area contributed by atoms with E-state index >= 15 is 0 Å². The number of rotatable bonds is 0. The van der Waals surface area contributed by atoms with Gasteiger partial charge >= 0.3 is 0 Å². The maximum atomic E-state index is 4.33. The predicted octanol–water partition coefficient (Wildman–Crippen LogP) is 5.12. The third kappa shape index (κ3) is 2.42. The normalized spacial score (nSPS) is 37.9. The smallest absolute Gasteiger partial charge is 0.0198 e. The minimum absolute atomic E-state index is 0.540. The Bertz CT molecular complexity index is 306. The lowest BCUT2D eigenvalue weighted by molar-refractivity contribution is 0.245. The van der Waals surface area contributed by atoms with E-state index in [1.807, 2.05) is 0 Å². The monoisotopic (exact) mass is 218 g/mol. The standard InChI is InChI=1S/C16H26/c1-12-6-5-7-13(2)14-10-15(9-8-12)16(3,4)11-14/h6,14-15H,2,5,7-11H2,1,3-4H3/b12-6+/t14-,15-/m1/s1. The fourth-order valence-corrected chi connectivity index (χ4v) is 3.58. The molecule has 1 fully saturated rings. The van der Waals surface area contributed by atoms with Gasteiger partial charge in [0.25, 0.3) is 0 Å². The van der Waals surface area contributed by atoms with Gasteiger partial charge in [-0.2, -0.15) is 0 Å². The van der Waals surface area contributed by atoms with Gasteiger partial charge in [-0.1, -0.05) is 37.6 Å². The molecular formula is C16H26. The van der Waals surface area contributed by atoms with Gasteiger partial charge in [-0.3, -0.25) is 0 Å². The van der Waals surface area contributed by atoms with Gasteiger partial charge in [0.15, 0.2) is 0 Å². The van der Waals surface area contributed by atoms with E-state index in [0.717, 1.165) is 11.8 Å². The Kier molecular flexibility index (Phi) is 3.28. The summed E-state index contributed by atoms with van der Waals surface area (Å²) in [6.45, 7) is 11.5. The molecule has 0 radical (unpaired) electrons. The van der Waals surface area contributed by atoms with Crippen LogP contribution in [-0.2, 0) is 0 Å². The molecular weight excluding hydrogens is 192 g/mol. The van der Waals surface area contributed by atoms with E-state index < -0.39 is 0 Å². The predicted molar refractivity (Wildman–Crippen MR) is 71.4 cm³/mol. The average Bonchev–Trinajstić information content (AvgIpc) is 2.50. The molecule has 0 amide bonds. The molecule has 0 spiro atoms. The molecule has 0 unspecified atom stereocenters. The van der Waals surface area contributed by atoms with E-state index in [4.69, 9.17) is 0 Å². The first-order valence-electron chi connectivity index (χ1n) is 6.82. The van der Waals surface area contributed by atoms with Crippen molar-refractivity contribution in [3.8, 4) is 0 Å². The molecule has 90 valence electrons. The molecule has 0 heterocycles. The van der Waals surface area contributed by atoms with Crippen LogP contribution in [0.5, 0.6) is 0 Å². The van der Waals surface area contributed by atoms with Crippen LogP contribution in [0.1, 0.15) is 59.3 Å². The second kappa shape index (κ2) is 4.39. The van der Waals surface area contributed by atoms with E-state index in [2.05, 4.69) is 33.4 Å². The Morgan fingerprint density at radius 2 is 2.06 bits per heavy atom. The molecule has 1 saturated carbocycles. The van der Waals surface area contributed by atoms with Crippen molar-refractivity contribution in [1.29, 1.82) is 0 Å². The number of allylic oxidation sites excluding steroid dienone is 3. The molecule has 0 saturated heterocycles. The zero-order valence-electron chi connectivity index (χ0n) is 11.2. The maximum Gasteiger partial charge on any atom is -0.0198 e. The number of hydrogen-bond donors (Lipinski definition) is 0. The third-order valence-corrected chi connectivity index (χ3v) is 4.87. The van der Waals surface area contributed by atoms with Gasteiger partial charge in [0.2, 0.25) is 0 Å². The lowest BCUT2D eigenvalue weighted by Crippen LogP contribution is -2.17. The van der Waals surface area contributed by atoms with Crippen LogP contribution in [0, 0.1) is 17.3 Å². The largest absolute Gasteiger partial charge is 0.0996 e. The van der Waals surface area contributed by atoms with Crippen LogP contribution in [0.4, 0.5) is 0 Å². The molecule has 0 N–H and O–H groups in total. The van der Waals surface area contributed by atoms with Crippen molar-refractivity contribution in [3.63, 3.8) is 0 Å². The quantitative estimate of drug-likeness (QED) is 0.495. The number of hydrogen-bond acceptors (Lipinski definition) is 0. The summed E-state index contributed by atoms with van der Waals surface area (Å²) in [6.07, 6.45) is 10.3. The van der Waals surface area contributed by atoms with Crippen LogP contribution in [0.2, 0.25) is 0 Å². The van der Waals surface area contributed by atoms with Gasteiger partial charge in [0.05, 0.1) is 0 Å². The van der Waals surface area contributed by atoms with Crippen molar-refractivity contribution in [1.82, 2.24) is 0 Å². The fourth-order valence-electron chi connectivity index (χ4n) is 3.58. The van der Waals surface area contributed by atoms with Crippen molar-refractivity contribution in [2.75, 3.05) is 0 Å². The van der Waals surface area contributed by atoms with Crippen LogP contribution >= 0.6 is 0 Å². The van der Waals surface area contributed by atoms with Gasteiger partial charge in [0, 0.05) is 0 Å². The Balaban J connectivity index is 2.17. The van der Waals surface area contributed by atoms with Gasteiger partial charge < -0.3 is 0 Å². The van der Waals surface area contributed by atoms with Crippen LogP contribution in [-0.4, -0.2) is 0 Å². The van der Waals surface area contributed by atoms with E-state index in [1.54, 1.807) is 5.57 Å². The minimum Gasteiger partial charge on any atom is -0.0996 e. The van der Waals surface area contributed by atoms with Crippen molar-refractivity contribution in [2.45, 2.75) is 59.3 Å². The highest BCUT2D eigenvalue weighted by atomic mass is 14.5. The second-order valence-corrected chi connectivity index (χ2v) is 6.61. The molecule has 0 nitrogen and oxygen atoms in total. The summed E-state index contributed by atoms with van der Waals surface area (Å²) < 4.78 is 0. The summed E-state index contributed by atoms with van der Waals surface area (Å²) in [6, 6.07) is 0. The Morgan fingerprint density at radius 1 is 1.31 bits per heavy atom. The highest BCUT2D eigenvalue weighted by molar-refractivity contribution is 5.11. The van der Waals surface area contributed by atoms with E-state index in [9.17, 15) is 0 Å². The molecule has 0 aromatic carbocycles. The van der Waals surface area contributed by atoms with Gasteiger partial charge in [-0.15, -0.1) is 0 Å². The van der Waals surface area contributed by atoms with Gasteiger partial charge in [-0.25, -0.2) is 0 Å². The molecule has 2 atom stereocenters. The van der Waals surface area contributed by atoms with E-state index in [0.29, 0.717) is 5.41 Å². The summed E-state index contributed by atoms with van der Waals surface area (Å²) in [5.74, 6) is 1.72. The van der Waals surface area contributed by atoms with Crippen molar-refractivity contribution in [3.05, 3.63) is 23.8 Å². The molecule has 2 aliphatic carbocycles. The summed E-state index contributed by atoms with van der Waals surface area (Å²) in [4.78, 5) is 0. The maximum absolute atomic E-state index is 4.33. The molecule has 2 aliphatic rings. The van der Waals surface area contributed by atoms with Crippen molar-refractivity contribution < 1.29 is 0 Å². The second-order valence-electron chi connectivity index (χ2n) is 6.61. The Morgan fingerprint density at radius 3 is 2.81 bits per heavy atom. The third-order valence-electron chi connectivity index (χ3n) is 4.87. The highest BCUT2D eigenvalue weighted by Crippen LogP contribution is 2.51. The molecule has 0 aromatic heterocycles. The van der Waals surface area contributed by atoms with Gasteiger partial charge in [-0.05, 0) is 62.7 Å². The minimum atomic E-state index is 0.540. The SMILES string of the molecule is C=C1CC/C=C(\C)CC[C@@H]2C[C@@H]1CC2(C)C. The average molecular weight is 218 g/mol. The Labute approximate surface area is 101 Å². The molecule has 0 aromatic rings. The zero-order chi connectivity index (χ0) is 11.8. The molecule has 16 heavy (non-hydrogen) atoms. The first-order valence-corrected chi connectivity index (χ1v) is 6.82. The molecule has 2 rings (SSSR count). The number of fused-ring (bicyclic) bond motifs is 2. The van der Waals surface area contributed by atoms with Crippen LogP contribution in [0.25, 0.3) is 0 Å². The summed E-state index contributed by atoms with van der Waals surface area (Å²) >= 11 is 0. The summed E-state index contributed by atoms with van der Waals surface area (Å²) in [5, 5.41) is 0. The molecule has 0 aliphatic heterocycles. The first-order chi connectivity index (χ1) is 7.49. The van der Waals surface area contributed by atoms with Gasteiger partial charge in [0.1, 0.15) is 0 Å².